The van der Waals surface area contributed by atoms with Crippen molar-refractivity contribution in [1.82, 2.24) is 9.62 Å². The number of fused-ring (bicyclic) bond motifs is 1. The second-order valence-electron chi connectivity index (χ2n) is 8.27. The van der Waals surface area contributed by atoms with Crippen molar-refractivity contribution in [1.29, 1.82) is 0 Å². The number of nitrogens with zero attached hydrogens (tertiary/aromatic N) is 1. The Morgan fingerprint density at radius 2 is 1.83 bits per heavy atom. The predicted molar refractivity (Wildman–Crippen MR) is 110 cm³/mol. The Labute approximate surface area is 171 Å². The Balaban J connectivity index is 1.58. The molecule has 2 aliphatic heterocycles. The zero-order chi connectivity index (χ0) is 20.6. The molecule has 1 amide bonds. The fraction of sp³-hybridized carbons (Fsp3) is 0.409. The molecule has 2 aromatic rings. The third-order valence-corrected chi connectivity index (χ3v) is 7.38. The lowest BCUT2D eigenvalue weighted by Gasteiger charge is -2.37. The number of hydrogen-bond acceptors (Lipinski definition) is 4. The van der Waals surface area contributed by atoms with Crippen LogP contribution in [-0.4, -0.2) is 37.3 Å². The summed E-state index contributed by atoms with van der Waals surface area (Å²) in [7, 11) is -3.56. The Morgan fingerprint density at radius 1 is 1.10 bits per heavy atom. The van der Waals surface area contributed by atoms with Crippen LogP contribution in [0.15, 0.2) is 53.4 Å². The van der Waals surface area contributed by atoms with Gasteiger partial charge in [-0.15, -0.1) is 0 Å². The van der Waals surface area contributed by atoms with Crippen molar-refractivity contribution in [2.45, 2.75) is 49.6 Å². The number of nitrogens with one attached hydrogen (secondary N) is 1. The fourth-order valence-electron chi connectivity index (χ4n) is 4.05. The van der Waals surface area contributed by atoms with Gasteiger partial charge in [0.25, 0.3) is 5.91 Å². The number of ether oxygens (including phenoxy) is 1. The molecule has 1 saturated heterocycles. The molecule has 2 aromatic carbocycles. The molecule has 1 N–H and O–H groups in total. The van der Waals surface area contributed by atoms with Crippen LogP contribution < -0.4 is 10.1 Å². The first-order valence-electron chi connectivity index (χ1n) is 9.95. The molecule has 7 heteroatoms. The Kier molecular flexibility index (Phi) is 5.12. The molecule has 154 valence electrons. The number of carbonyl (C=O) groups is 1. The zero-order valence-electron chi connectivity index (χ0n) is 16.7. The molecular weight excluding hydrogens is 388 g/mol. The van der Waals surface area contributed by atoms with Crippen molar-refractivity contribution in [3.05, 3.63) is 59.7 Å². The normalized spacial score (nSPS) is 21.2. The van der Waals surface area contributed by atoms with Crippen LogP contribution >= 0.6 is 0 Å². The van der Waals surface area contributed by atoms with Crippen molar-refractivity contribution in [2.75, 3.05) is 13.1 Å². The minimum atomic E-state index is -3.56. The summed E-state index contributed by atoms with van der Waals surface area (Å²) in [6.45, 7) is 5.05. The van der Waals surface area contributed by atoms with E-state index >= 15 is 0 Å². The highest BCUT2D eigenvalue weighted by molar-refractivity contribution is 7.89. The minimum Gasteiger partial charge on any atom is -0.487 e. The third-order valence-electron chi connectivity index (χ3n) is 5.48. The smallest absolute Gasteiger partial charge is 0.251 e. The van der Waals surface area contributed by atoms with E-state index in [-0.39, 0.29) is 16.8 Å². The highest BCUT2D eigenvalue weighted by Crippen LogP contribution is 2.39. The van der Waals surface area contributed by atoms with E-state index in [0.29, 0.717) is 25.1 Å². The van der Waals surface area contributed by atoms with E-state index in [9.17, 15) is 13.2 Å². The molecule has 2 heterocycles. The molecular formula is C22H26N2O4S. The van der Waals surface area contributed by atoms with E-state index in [1.54, 1.807) is 18.2 Å². The van der Waals surface area contributed by atoms with Crippen LogP contribution in [-0.2, 0) is 10.0 Å². The second-order valence-corrected chi connectivity index (χ2v) is 10.2. The lowest BCUT2D eigenvalue weighted by molar-refractivity contribution is 0.0619. The van der Waals surface area contributed by atoms with Crippen molar-refractivity contribution >= 4 is 15.9 Å². The van der Waals surface area contributed by atoms with E-state index in [0.717, 1.165) is 24.2 Å². The SMILES string of the molecule is CC1(C)CC(NC(=O)c2cccc(S(=O)(=O)N3CCCC3)c2)c2ccccc2O1. The average molecular weight is 415 g/mol. The number of rotatable bonds is 4. The summed E-state index contributed by atoms with van der Waals surface area (Å²) in [6.07, 6.45) is 2.37. The topological polar surface area (TPSA) is 75.7 Å². The predicted octanol–water partition coefficient (Wildman–Crippen LogP) is 3.50. The molecule has 1 unspecified atom stereocenters. The molecule has 4 rings (SSSR count). The van der Waals surface area contributed by atoms with E-state index in [4.69, 9.17) is 4.74 Å². The van der Waals surface area contributed by atoms with Crippen molar-refractivity contribution in [2.24, 2.45) is 0 Å². The lowest BCUT2D eigenvalue weighted by atomic mass is 9.89. The van der Waals surface area contributed by atoms with Gasteiger partial charge in [0.15, 0.2) is 0 Å². The minimum absolute atomic E-state index is 0.166. The third kappa shape index (κ3) is 4.02. The second kappa shape index (κ2) is 7.46. The largest absolute Gasteiger partial charge is 0.487 e. The quantitative estimate of drug-likeness (QED) is 0.831. The molecule has 0 aromatic heterocycles. The van der Waals surface area contributed by atoms with Crippen LogP contribution in [0.2, 0.25) is 0 Å². The Morgan fingerprint density at radius 3 is 2.59 bits per heavy atom. The molecule has 6 nitrogen and oxygen atoms in total. The number of sulfonamides is 1. The fourth-order valence-corrected chi connectivity index (χ4v) is 5.61. The maximum atomic E-state index is 13.0. The average Bonchev–Trinajstić information content (AvgIpc) is 3.23. The van der Waals surface area contributed by atoms with Crippen molar-refractivity contribution < 1.29 is 17.9 Å². The number of carbonyl (C=O) groups excluding carboxylic acids is 1. The van der Waals surface area contributed by atoms with Crippen LogP contribution in [0.4, 0.5) is 0 Å². The molecule has 0 bridgehead atoms. The van der Waals surface area contributed by atoms with Crippen LogP contribution in [0.5, 0.6) is 5.75 Å². The van der Waals surface area contributed by atoms with Gasteiger partial charge in [-0.2, -0.15) is 4.31 Å². The van der Waals surface area contributed by atoms with Crippen molar-refractivity contribution in [3.63, 3.8) is 0 Å². The van der Waals surface area contributed by atoms with Crippen molar-refractivity contribution in [3.8, 4) is 5.75 Å². The molecule has 0 saturated carbocycles. The number of benzene rings is 2. The summed E-state index contributed by atoms with van der Waals surface area (Å²) >= 11 is 0. The zero-order valence-corrected chi connectivity index (χ0v) is 17.5. The molecule has 1 fully saturated rings. The van der Waals surface area contributed by atoms with Crippen LogP contribution in [0, 0.1) is 0 Å². The number of hydrogen-bond donors (Lipinski definition) is 1. The number of para-hydroxylation sites is 1. The van der Waals surface area contributed by atoms with Gasteiger partial charge in [-0.3, -0.25) is 4.79 Å². The molecule has 0 aliphatic carbocycles. The molecule has 2 aliphatic rings. The van der Waals surface area contributed by atoms with Gasteiger partial charge in [-0.05, 0) is 51.0 Å². The number of amides is 1. The van der Waals surface area contributed by atoms with Gasteiger partial charge in [0.2, 0.25) is 10.0 Å². The Hall–Kier alpha value is -2.38. The molecule has 0 radical (unpaired) electrons. The summed E-state index contributed by atoms with van der Waals surface area (Å²) in [5.41, 5.74) is 0.862. The van der Waals surface area contributed by atoms with E-state index in [2.05, 4.69) is 5.32 Å². The maximum absolute atomic E-state index is 13.0. The molecule has 1 atom stereocenters. The van der Waals surface area contributed by atoms with Crippen LogP contribution in [0.3, 0.4) is 0 Å². The van der Waals surface area contributed by atoms with E-state index in [1.165, 1.54) is 10.4 Å². The highest BCUT2D eigenvalue weighted by Gasteiger charge is 2.34. The summed E-state index contributed by atoms with van der Waals surface area (Å²) in [6, 6.07) is 13.8. The molecule has 0 spiro atoms. The van der Waals surface area contributed by atoms with E-state index in [1.807, 2.05) is 38.1 Å². The highest BCUT2D eigenvalue weighted by atomic mass is 32.2. The molecule has 29 heavy (non-hydrogen) atoms. The lowest BCUT2D eigenvalue weighted by Crippen LogP contribution is -2.41. The maximum Gasteiger partial charge on any atom is 0.251 e. The van der Waals surface area contributed by atoms with Gasteiger partial charge < -0.3 is 10.1 Å². The summed E-state index contributed by atoms with van der Waals surface area (Å²) in [5, 5.41) is 3.07. The Bertz CT molecular complexity index is 1030. The van der Waals surface area contributed by atoms with Gasteiger partial charge in [0.1, 0.15) is 11.4 Å². The first-order valence-corrected chi connectivity index (χ1v) is 11.4. The first kappa shape index (κ1) is 19.9. The van der Waals surface area contributed by atoms with Gasteiger partial charge in [-0.1, -0.05) is 24.3 Å². The monoisotopic (exact) mass is 414 g/mol. The van der Waals surface area contributed by atoms with Gasteiger partial charge in [0.05, 0.1) is 10.9 Å². The van der Waals surface area contributed by atoms with Crippen LogP contribution in [0.1, 0.15) is 55.1 Å². The van der Waals surface area contributed by atoms with Gasteiger partial charge >= 0.3 is 0 Å². The summed E-state index contributed by atoms with van der Waals surface area (Å²) in [4.78, 5) is 13.1. The first-order chi connectivity index (χ1) is 13.8. The van der Waals surface area contributed by atoms with Gasteiger partial charge in [0, 0.05) is 30.6 Å². The van der Waals surface area contributed by atoms with Gasteiger partial charge in [-0.25, -0.2) is 8.42 Å². The van der Waals surface area contributed by atoms with Crippen LogP contribution in [0.25, 0.3) is 0 Å². The summed E-state index contributed by atoms with van der Waals surface area (Å²) in [5.74, 6) is 0.473. The van der Waals surface area contributed by atoms with E-state index < -0.39 is 15.6 Å². The standard InChI is InChI=1S/C22H26N2O4S/c1-22(2)15-19(18-10-3-4-11-20(18)28-22)23-21(25)16-8-7-9-17(14-16)29(26,27)24-12-5-6-13-24/h3-4,7-11,14,19H,5-6,12-13,15H2,1-2H3,(H,23,25). The summed E-state index contributed by atoms with van der Waals surface area (Å²) < 4.78 is 33.2.